The average molecular weight is 413 g/mol. The lowest BCUT2D eigenvalue weighted by Gasteiger charge is -2.11. The standard InChI is InChI=1S/C24H16FN3O3/c1-28-21(23(29)27-20-10-9-14(13-26)11-18(20)24(30)31)12-15-5-4-7-17(22(15)28)16-6-2-3-8-19(16)25/h2-12H,1H3,(H,27,29)(H,30,31). The van der Waals surface area contributed by atoms with Crippen LogP contribution in [0.2, 0.25) is 0 Å². The zero-order valence-electron chi connectivity index (χ0n) is 16.4. The Morgan fingerprint density at radius 3 is 2.48 bits per heavy atom. The van der Waals surface area contributed by atoms with Crippen LogP contribution >= 0.6 is 0 Å². The maximum atomic E-state index is 14.4. The van der Waals surface area contributed by atoms with Crippen molar-refractivity contribution >= 4 is 28.5 Å². The number of carbonyl (C=O) groups is 2. The number of anilines is 1. The number of benzene rings is 3. The van der Waals surface area contributed by atoms with Gasteiger partial charge in [-0.15, -0.1) is 0 Å². The third-order valence-corrected chi connectivity index (χ3v) is 5.08. The van der Waals surface area contributed by atoms with Crippen LogP contribution in [0.3, 0.4) is 0 Å². The highest BCUT2D eigenvalue weighted by molar-refractivity contribution is 6.10. The summed E-state index contributed by atoms with van der Waals surface area (Å²) in [6.45, 7) is 0. The number of aryl methyl sites for hydroxylation is 1. The summed E-state index contributed by atoms with van der Waals surface area (Å²) in [4.78, 5) is 24.5. The summed E-state index contributed by atoms with van der Waals surface area (Å²) < 4.78 is 16.1. The van der Waals surface area contributed by atoms with Crippen LogP contribution in [0.25, 0.3) is 22.0 Å². The van der Waals surface area contributed by atoms with E-state index in [1.165, 1.54) is 24.3 Å². The molecule has 2 N–H and O–H groups in total. The number of carboxylic acid groups (broad SMARTS) is 1. The second kappa shape index (κ2) is 7.76. The van der Waals surface area contributed by atoms with Gasteiger partial charge in [0, 0.05) is 23.6 Å². The van der Waals surface area contributed by atoms with Crippen molar-refractivity contribution in [3.8, 4) is 17.2 Å². The molecule has 1 amide bonds. The van der Waals surface area contributed by atoms with Crippen LogP contribution < -0.4 is 5.32 Å². The molecule has 3 aromatic carbocycles. The average Bonchev–Trinajstić information content (AvgIpc) is 3.11. The Bertz CT molecular complexity index is 1400. The molecule has 0 spiro atoms. The van der Waals surface area contributed by atoms with Gasteiger partial charge in [-0.25, -0.2) is 9.18 Å². The minimum atomic E-state index is -1.26. The van der Waals surface area contributed by atoms with E-state index in [4.69, 9.17) is 5.26 Å². The first-order valence-corrected chi connectivity index (χ1v) is 9.33. The van der Waals surface area contributed by atoms with Gasteiger partial charge in [-0.2, -0.15) is 5.26 Å². The molecule has 0 fully saturated rings. The van der Waals surface area contributed by atoms with Crippen molar-refractivity contribution in [2.24, 2.45) is 7.05 Å². The van der Waals surface area contributed by atoms with E-state index in [1.807, 2.05) is 12.1 Å². The van der Waals surface area contributed by atoms with Crippen LogP contribution in [0.4, 0.5) is 10.1 Å². The van der Waals surface area contributed by atoms with E-state index in [-0.39, 0.29) is 28.3 Å². The predicted molar refractivity (Wildman–Crippen MR) is 114 cm³/mol. The zero-order valence-corrected chi connectivity index (χ0v) is 16.4. The molecule has 0 atom stereocenters. The van der Waals surface area contributed by atoms with Gasteiger partial charge in [0.2, 0.25) is 0 Å². The van der Waals surface area contributed by atoms with E-state index in [2.05, 4.69) is 5.32 Å². The van der Waals surface area contributed by atoms with Gasteiger partial charge in [-0.05, 0) is 30.3 Å². The summed E-state index contributed by atoms with van der Waals surface area (Å²) in [5.74, 6) is -2.15. The van der Waals surface area contributed by atoms with Crippen molar-refractivity contribution in [2.75, 3.05) is 5.32 Å². The Morgan fingerprint density at radius 2 is 1.77 bits per heavy atom. The maximum absolute atomic E-state index is 14.4. The first-order valence-electron chi connectivity index (χ1n) is 9.33. The van der Waals surface area contributed by atoms with Gasteiger partial charge in [-0.3, -0.25) is 4.79 Å². The highest BCUT2D eigenvalue weighted by atomic mass is 19.1. The molecule has 0 bridgehead atoms. The van der Waals surface area contributed by atoms with E-state index in [0.717, 1.165) is 5.39 Å². The van der Waals surface area contributed by atoms with Gasteiger partial charge in [-0.1, -0.05) is 36.4 Å². The van der Waals surface area contributed by atoms with Crippen molar-refractivity contribution in [2.45, 2.75) is 0 Å². The Kier molecular flexibility index (Phi) is 4.97. The quantitative estimate of drug-likeness (QED) is 0.502. The molecule has 1 heterocycles. The van der Waals surface area contributed by atoms with Crippen LogP contribution in [-0.4, -0.2) is 21.6 Å². The fourth-order valence-corrected chi connectivity index (χ4v) is 3.62. The number of amides is 1. The van der Waals surface area contributed by atoms with Gasteiger partial charge in [0.05, 0.1) is 28.4 Å². The van der Waals surface area contributed by atoms with Crippen molar-refractivity contribution in [1.82, 2.24) is 4.57 Å². The summed E-state index contributed by atoms with van der Waals surface area (Å²) in [6.07, 6.45) is 0. The number of aromatic carboxylic acids is 1. The molecule has 6 nitrogen and oxygen atoms in total. The van der Waals surface area contributed by atoms with E-state index in [9.17, 15) is 19.1 Å². The summed E-state index contributed by atoms with van der Waals surface area (Å²) in [5.41, 5.74) is 2.09. The van der Waals surface area contributed by atoms with E-state index < -0.39 is 11.9 Å². The monoisotopic (exact) mass is 413 g/mol. The molecule has 0 aliphatic heterocycles. The fourth-order valence-electron chi connectivity index (χ4n) is 3.62. The molecule has 152 valence electrons. The number of aromatic nitrogens is 1. The minimum Gasteiger partial charge on any atom is -0.478 e. The molecule has 0 saturated heterocycles. The second-order valence-corrected chi connectivity index (χ2v) is 6.94. The number of nitrogens with zero attached hydrogens (tertiary/aromatic N) is 2. The van der Waals surface area contributed by atoms with Crippen LogP contribution in [0.15, 0.2) is 66.7 Å². The molecule has 0 radical (unpaired) electrons. The topological polar surface area (TPSA) is 95.1 Å². The fraction of sp³-hybridized carbons (Fsp3) is 0.0417. The third-order valence-electron chi connectivity index (χ3n) is 5.08. The number of carboxylic acids is 1. The first-order chi connectivity index (χ1) is 14.9. The van der Waals surface area contributed by atoms with Crippen molar-refractivity contribution < 1.29 is 19.1 Å². The lowest BCUT2D eigenvalue weighted by molar-refractivity contribution is 0.0698. The summed E-state index contributed by atoms with van der Waals surface area (Å²) in [6, 6.07) is 19.4. The normalized spacial score (nSPS) is 10.6. The smallest absolute Gasteiger partial charge is 0.337 e. The van der Waals surface area contributed by atoms with Gasteiger partial charge in [0.15, 0.2) is 0 Å². The Balaban J connectivity index is 1.78. The number of hydrogen-bond donors (Lipinski definition) is 2. The van der Waals surface area contributed by atoms with Crippen molar-refractivity contribution in [3.05, 3.63) is 89.4 Å². The van der Waals surface area contributed by atoms with Gasteiger partial charge in [0.1, 0.15) is 11.5 Å². The number of halogens is 1. The molecule has 0 aliphatic rings. The number of carbonyl (C=O) groups excluding carboxylic acids is 1. The molecule has 0 unspecified atom stereocenters. The summed E-state index contributed by atoms with van der Waals surface area (Å²) >= 11 is 0. The van der Waals surface area contributed by atoms with Gasteiger partial charge in [0.25, 0.3) is 5.91 Å². The van der Waals surface area contributed by atoms with E-state index in [1.54, 1.807) is 48.0 Å². The lowest BCUT2D eigenvalue weighted by atomic mass is 10.0. The van der Waals surface area contributed by atoms with Crippen molar-refractivity contribution in [1.29, 1.82) is 5.26 Å². The van der Waals surface area contributed by atoms with E-state index in [0.29, 0.717) is 16.6 Å². The van der Waals surface area contributed by atoms with Crippen molar-refractivity contribution in [3.63, 3.8) is 0 Å². The number of hydrogen-bond acceptors (Lipinski definition) is 3. The largest absolute Gasteiger partial charge is 0.478 e. The highest BCUT2D eigenvalue weighted by Crippen LogP contribution is 2.32. The SMILES string of the molecule is Cn1c(C(=O)Nc2ccc(C#N)cc2C(=O)O)cc2cccc(-c3ccccc3F)c21. The number of rotatable bonds is 4. The second-order valence-electron chi connectivity index (χ2n) is 6.94. The van der Waals surface area contributed by atoms with Gasteiger partial charge >= 0.3 is 5.97 Å². The minimum absolute atomic E-state index is 0.0797. The number of fused-ring (bicyclic) bond motifs is 1. The highest BCUT2D eigenvalue weighted by Gasteiger charge is 2.20. The molecule has 31 heavy (non-hydrogen) atoms. The Morgan fingerprint density at radius 1 is 1.03 bits per heavy atom. The third kappa shape index (κ3) is 3.51. The molecule has 4 aromatic rings. The predicted octanol–water partition coefficient (Wildman–Crippen LogP) is 4.81. The molecule has 1 aromatic heterocycles. The molecule has 7 heteroatoms. The molecule has 4 rings (SSSR count). The van der Waals surface area contributed by atoms with Crippen LogP contribution in [0.1, 0.15) is 26.4 Å². The van der Waals surface area contributed by atoms with Gasteiger partial charge < -0.3 is 15.0 Å². The van der Waals surface area contributed by atoms with E-state index >= 15 is 0 Å². The van der Waals surface area contributed by atoms with Crippen LogP contribution in [0.5, 0.6) is 0 Å². The maximum Gasteiger partial charge on any atom is 0.337 e. The molecule has 0 aliphatic carbocycles. The Labute approximate surface area is 176 Å². The summed E-state index contributed by atoms with van der Waals surface area (Å²) in [7, 11) is 1.69. The molecular weight excluding hydrogens is 397 g/mol. The zero-order chi connectivity index (χ0) is 22.1. The Hall–Kier alpha value is -4.44. The molecule has 0 saturated carbocycles. The lowest BCUT2D eigenvalue weighted by Crippen LogP contribution is -2.17. The first kappa shape index (κ1) is 19.9. The van der Waals surface area contributed by atoms with Crippen LogP contribution in [0, 0.1) is 17.1 Å². The number of para-hydroxylation sites is 1. The number of nitrogens with one attached hydrogen (secondary N) is 1. The molecular formula is C24H16FN3O3. The summed E-state index contributed by atoms with van der Waals surface area (Å²) in [5, 5.41) is 21.8. The van der Waals surface area contributed by atoms with Crippen LogP contribution in [-0.2, 0) is 7.05 Å². The number of nitriles is 1.